The van der Waals surface area contributed by atoms with Crippen molar-refractivity contribution in [3.63, 3.8) is 0 Å². The molecule has 0 aromatic carbocycles. The minimum Gasteiger partial charge on any atom is -0.327 e. The summed E-state index contributed by atoms with van der Waals surface area (Å²) < 4.78 is 0. The Morgan fingerprint density at radius 2 is 1.81 bits per heavy atom. The largest absolute Gasteiger partial charge is 0.327 e. The van der Waals surface area contributed by atoms with Crippen molar-refractivity contribution in [2.75, 3.05) is 0 Å². The summed E-state index contributed by atoms with van der Waals surface area (Å²) in [7, 11) is 0. The number of ketones is 1. The molecule has 0 amide bonds. The first-order valence-electron chi connectivity index (χ1n) is 6.62. The number of carbonyl (C=O) groups is 1. The van der Waals surface area contributed by atoms with Crippen molar-refractivity contribution in [1.29, 1.82) is 0 Å². The first kappa shape index (κ1) is 15.6. The van der Waals surface area contributed by atoms with Crippen molar-refractivity contribution in [2.24, 2.45) is 11.1 Å². The van der Waals surface area contributed by atoms with Gasteiger partial charge in [0.1, 0.15) is 5.78 Å². The van der Waals surface area contributed by atoms with Crippen LogP contribution in [0.2, 0.25) is 0 Å². The molecule has 0 radical (unpaired) electrons. The van der Waals surface area contributed by atoms with Crippen molar-refractivity contribution < 1.29 is 4.79 Å². The van der Waals surface area contributed by atoms with E-state index < -0.39 is 0 Å². The van der Waals surface area contributed by atoms with E-state index in [-0.39, 0.29) is 11.5 Å². The number of unbranched alkanes of at least 4 members (excludes halogenated alkanes) is 3. The third-order valence-electron chi connectivity index (χ3n) is 2.67. The highest BCUT2D eigenvalue weighted by atomic mass is 16.1. The van der Waals surface area contributed by atoms with Crippen LogP contribution in [0, 0.1) is 5.41 Å². The molecule has 0 rings (SSSR count). The van der Waals surface area contributed by atoms with Gasteiger partial charge in [-0.05, 0) is 18.3 Å². The predicted molar refractivity (Wildman–Crippen MR) is 70.4 cm³/mol. The molecular formula is C14H29NO. The van der Waals surface area contributed by atoms with Gasteiger partial charge in [-0.3, -0.25) is 4.79 Å². The highest BCUT2D eigenvalue weighted by Crippen LogP contribution is 2.21. The molecule has 0 aliphatic rings. The van der Waals surface area contributed by atoms with Crippen LogP contribution in [0.15, 0.2) is 0 Å². The normalized spacial score (nSPS) is 13.8. The second-order valence-electron chi connectivity index (χ2n) is 6.08. The summed E-state index contributed by atoms with van der Waals surface area (Å²) in [4.78, 5) is 11.6. The van der Waals surface area contributed by atoms with E-state index in [4.69, 9.17) is 5.73 Å². The molecule has 0 spiro atoms. The molecule has 2 nitrogen and oxygen atoms in total. The van der Waals surface area contributed by atoms with E-state index in [2.05, 4.69) is 27.7 Å². The fraction of sp³-hybridized carbons (Fsp3) is 0.929. The minimum absolute atomic E-state index is 0.0404. The summed E-state index contributed by atoms with van der Waals surface area (Å²) in [5.74, 6) is 0.341. The molecule has 0 fully saturated rings. The highest BCUT2D eigenvalue weighted by molar-refractivity contribution is 5.78. The second kappa shape index (κ2) is 7.83. The Kier molecular flexibility index (Phi) is 7.65. The molecule has 0 aromatic heterocycles. The van der Waals surface area contributed by atoms with Crippen molar-refractivity contribution in [3.8, 4) is 0 Å². The Morgan fingerprint density at radius 3 is 2.31 bits per heavy atom. The zero-order valence-corrected chi connectivity index (χ0v) is 11.5. The van der Waals surface area contributed by atoms with Gasteiger partial charge in [-0.25, -0.2) is 0 Å². The van der Waals surface area contributed by atoms with Gasteiger partial charge in [0, 0.05) is 18.9 Å². The van der Waals surface area contributed by atoms with Gasteiger partial charge in [0.05, 0.1) is 0 Å². The zero-order valence-electron chi connectivity index (χ0n) is 11.5. The van der Waals surface area contributed by atoms with Crippen LogP contribution < -0.4 is 5.73 Å². The summed E-state index contributed by atoms with van der Waals surface area (Å²) >= 11 is 0. The SMILES string of the molecule is CCCCCCC(=O)CC(N)CC(C)(C)C. The Hall–Kier alpha value is -0.370. The highest BCUT2D eigenvalue weighted by Gasteiger charge is 2.17. The molecule has 0 saturated carbocycles. The lowest BCUT2D eigenvalue weighted by atomic mass is 9.86. The lowest BCUT2D eigenvalue weighted by Crippen LogP contribution is -2.28. The van der Waals surface area contributed by atoms with Gasteiger partial charge in [0.25, 0.3) is 0 Å². The minimum atomic E-state index is 0.0404. The molecule has 2 heteroatoms. The van der Waals surface area contributed by atoms with E-state index in [1.807, 2.05) is 0 Å². The molecule has 0 saturated heterocycles. The topological polar surface area (TPSA) is 43.1 Å². The molecule has 1 atom stereocenters. The number of hydrogen-bond acceptors (Lipinski definition) is 2. The maximum atomic E-state index is 11.6. The van der Waals surface area contributed by atoms with Crippen LogP contribution in [0.1, 0.15) is 72.6 Å². The van der Waals surface area contributed by atoms with Crippen molar-refractivity contribution in [1.82, 2.24) is 0 Å². The Labute approximate surface area is 101 Å². The molecule has 0 heterocycles. The van der Waals surface area contributed by atoms with Crippen LogP contribution in [-0.2, 0) is 4.79 Å². The smallest absolute Gasteiger partial charge is 0.134 e. The van der Waals surface area contributed by atoms with Crippen LogP contribution in [-0.4, -0.2) is 11.8 Å². The van der Waals surface area contributed by atoms with Gasteiger partial charge in [-0.15, -0.1) is 0 Å². The lowest BCUT2D eigenvalue weighted by molar-refractivity contribution is -0.119. The lowest BCUT2D eigenvalue weighted by Gasteiger charge is -2.22. The summed E-state index contributed by atoms with van der Waals surface area (Å²) in [6.45, 7) is 8.68. The third-order valence-corrected chi connectivity index (χ3v) is 2.67. The van der Waals surface area contributed by atoms with Gasteiger partial charge in [-0.2, -0.15) is 0 Å². The number of rotatable bonds is 8. The maximum Gasteiger partial charge on any atom is 0.134 e. The van der Waals surface area contributed by atoms with Gasteiger partial charge in [-0.1, -0.05) is 47.0 Å². The molecule has 16 heavy (non-hydrogen) atoms. The number of Topliss-reactive ketones (excluding diaryl/α,β-unsaturated/α-hetero) is 1. The Bertz CT molecular complexity index is 193. The van der Waals surface area contributed by atoms with Crippen LogP contribution in [0.3, 0.4) is 0 Å². The molecule has 96 valence electrons. The number of carbonyl (C=O) groups excluding carboxylic acids is 1. The first-order valence-corrected chi connectivity index (χ1v) is 6.62. The quantitative estimate of drug-likeness (QED) is 0.643. The van der Waals surface area contributed by atoms with Gasteiger partial charge >= 0.3 is 0 Å². The molecule has 0 aromatic rings. The van der Waals surface area contributed by atoms with E-state index in [0.29, 0.717) is 12.2 Å². The summed E-state index contributed by atoms with van der Waals surface area (Å²) in [6, 6.07) is 0.0404. The van der Waals surface area contributed by atoms with E-state index in [9.17, 15) is 4.79 Å². The molecular weight excluding hydrogens is 198 g/mol. The van der Waals surface area contributed by atoms with Crippen LogP contribution in [0.25, 0.3) is 0 Å². The average molecular weight is 227 g/mol. The fourth-order valence-corrected chi connectivity index (χ4v) is 2.00. The monoisotopic (exact) mass is 227 g/mol. The van der Waals surface area contributed by atoms with Crippen LogP contribution >= 0.6 is 0 Å². The second-order valence-corrected chi connectivity index (χ2v) is 6.08. The van der Waals surface area contributed by atoms with E-state index in [1.54, 1.807) is 0 Å². The maximum absolute atomic E-state index is 11.6. The Balaban J connectivity index is 3.62. The van der Waals surface area contributed by atoms with E-state index in [1.165, 1.54) is 19.3 Å². The standard InChI is InChI=1S/C14H29NO/c1-5-6-7-8-9-13(16)10-12(15)11-14(2,3)4/h12H,5-11,15H2,1-4H3. The summed E-state index contributed by atoms with van der Waals surface area (Å²) in [6.07, 6.45) is 6.87. The zero-order chi connectivity index (χ0) is 12.6. The predicted octanol–water partition coefficient (Wildman–Crippen LogP) is 3.68. The summed E-state index contributed by atoms with van der Waals surface area (Å²) in [5.41, 5.74) is 6.19. The van der Waals surface area contributed by atoms with Gasteiger partial charge < -0.3 is 5.73 Å². The molecule has 1 unspecified atom stereocenters. The van der Waals surface area contributed by atoms with Crippen molar-refractivity contribution in [3.05, 3.63) is 0 Å². The fourth-order valence-electron chi connectivity index (χ4n) is 2.00. The summed E-state index contributed by atoms with van der Waals surface area (Å²) in [5, 5.41) is 0. The number of hydrogen-bond donors (Lipinski definition) is 1. The molecule has 0 bridgehead atoms. The van der Waals surface area contributed by atoms with E-state index in [0.717, 1.165) is 19.3 Å². The van der Waals surface area contributed by atoms with Gasteiger partial charge in [0.2, 0.25) is 0 Å². The Morgan fingerprint density at radius 1 is 1.19 bits per heavy atom. The molecule has 0 aliphatic carbocycles. The van der Waals surface area contributed by atoms with Gasteiger partial charge in [0.15, 0.2) is 0 Å². The number of nitrogens with two attached hydrogens (primary N) is 1. The van der Waals surface area contributed by atoms with Crippen LogP contribution in [0.5, 0.6) is 0 Å². The third kappa shape index (κ3) is 10.2. The molecule has 2 N–H and O–H groups in total. The first-order chi connectivity index (χ1) is 7.35. The average Bonchev–Trinajstić information content (AvgIpc) is 2.09. The van der Waals surface area contributed by atoms with Crippen molar-refractivity contribution in [2.45, 2.75) is 78.7 Å². The molecule has 0 aliphatic heterocycles. The van der Waals surface area contributed by atoms with Crippen molar-refractivity contribution >= 4 is 5.78 Å². The van der Waals surface area contributed by atoms with E-state index >= 15 is 0 Å². The van der Waals surface area contributed by atoms with Crippen LogP contribution in [0.4, 0.5) is 0 Å².